The summed E-state index contributed by atoms with van der Waals surface area (Å²) in [5.41, 5.74) is 1.27. The Morgan fingerprint density at radius 2 is 2.00 bits per heavy atom. The first-order valence-electron chi connectivity index (χ1n) is 3.94. The molecule has 0 aliphatic heterocycles. The number of rotatable bonds is 2. The zero-order valence-corrected chi connectivity index (χ0v) is 8.01. The van der Waals surface area contributed by atoms with E-state index in [1.54, 1.807) is 11.8 Å². The fraction of sp³-hybridized carbons (Fsp3) is 0.111. The average Bonchev–Trinajstić information content (AvgIpc) is 2.62. The second-order valence-corrected chi connectivity index (χ2v) is 3.77. The van der Waals surface area contributed by atoms with Gasteiger partial charge in [-0.25, -0.2) is 4.98 Å². The summed E-state index contributed by atoms with van der Waals surface area (Å²) in [7, 11) is 0. The maximum atomic E-state index is 4.03. The van der Waals surface area contributed by atoms with Crippen LogP contribution < -0.4 is 0 Å². The minimum Gasteiger partial charge on any atom is -0.254 e. The SMILES string of the molecule is Cc1ccc(Sc2ncn[nH]2)cc1. The molecule has 1 aromatic heterocycles. The predicted molar refractivity (Wildman–Crippen MR) is 51.7 cm³/mol. The molecule has 2 aromatic rings. The van der Waals surface area contributed by atoms with E-state index in [0.717, 1.165) is 5.16 Å². The van der Waals surface area contributed by atoms with Gasteiger partial charge in [0, 0.05) is 4.90 Å². The zero-order chi connectivity index (χ0) is 9.10. The maximum absolute atomic E-state index is 4.03. The lowest BCUT2D eigenvalue weighted by atomic mass is 10.2. The average molecular weight is 191 g/mol. The highest BCUT2D eigenvalue weighted by Gasteiger charge is 1.98. The van der Waals surface area contributed by atoms with Crippen LogP contribution in [0.3, 0.4) is 0 Å². The third-order valence-electron chi connectivity index (χ3n) is 1.63. The zero-order valence-electron chi connectivity index (χ0n) is 7.19. The number of nitrogens with one attached hydrogen (secondary N) is 1. The number of H-pyrrole nitrogens is 1. The van der Waals surface area contributed by atoms with E-state index in [9.17, 15) is 0 Å². The molecule has 0 amide bonds. The first-order valence-corrected chi connectivity index (χ1v) is 4.76. The van der Waals surface area contributed by atoms with Gasteiger partial charge in [-0.1, -0.05) is 29.5 Å². The normalized spacial score (nSPS) is 10.2. The highest BCUT2D eigenvalue weighted by molar-refractivity contribution is 7.99. The second kappa shape index (κ2) is 3.62. The Labute approximate surface area is 80.6 Å². The largest absolute Gasteiger partial charge is 0.254 e. The summed E-state index contributed by atoms with van der Waals surface area (Å²) in [6.45, 7) is 2.07. The highest BCUT2D eigenvalue weighted by atomic mass is 32.2. The van der Waals surface area contributed by atoms with Crippen molar-refractivity contribution in [2.45, 2.75) is 17.0 Å². The van der Waals surface area contributed by atoms with Gasteiger partial charge in [-0.2, -0.15) is 5.10 Å². The Morgan fingerprint density at radius 3 is 2.62 bits per heavy atom. The van der Waals surface area contributed by atoms with E-state index >= 15 is 0 Å². The van der Waals surface area contributed by atoms with Gasteiger partial charge in [0.15, 0.2) is 5.16 Å². The van der Waals surface area contributed by atoms with E-state index < -0.39 is 0 Å². The van der Waals surface area contributed by atoms with Crippen molar-refractivity contribution in [3.63, 3.8) is 0 Å². The molecule has 1 aromatic carbocycles. The van der Waals surface area contributed by atoms with Crippen molar-refractivity contribution in [1.82, 2.24) is 15.2 Å². The molecule has 0 bridgehead atoms. The lowest BCUT2D eigenvalue weighted by Crippen LogP contribution is -1.76. The van der Waals surface area contributed by atoms with E-state index in [4.69, 9.17) is 0 Å². The molecule has 4 heteroatoms. The van der Waals surface area contributed by atoms with Crippen LogP contribution in [0.2, 0.25) is 0 Å². The van der Waals surface area contributed by atoms with Gasteiger partial charge in [-0.15, -0.1) is 0 Å². The van der Waals surface area contributed by atoms with E-state index in [1.807, 2.05) is 0 Å². The van der Waals surface area contributed by atoms with Gasteiger partial charge in [0.25, 0.3) is 0 Å². The Balaban J connectivity index is 2.15. The van der Waals surface area contributed by atoms with Gasteiger partial charge in [-0.3, -0.25) is 5.10 Å². The first kappa shape index (κ1) is 8.31. The molecule has 1 N–H and O–H groups in total. The Morgan fingerprint density at radius 1 is 1.23 bits per heavy atom. The van der Waals surface area contributed by atoms with Gasteiger partial charge < -0.3 is 0 Å². The molecule has 0 atom stereocenters. The number of hydrogen-bond donors (Lipinski definition) is 1. The molecule has 0 spiro atoms. The number of nitrogens with zero attached hydrogens (tertiary/aromatic N) is 2. The van der Waals surface area contributed by atoms with Crippen molar-refractivity contribution in [3.8, 4) is 0 Å². The minimum absolute atomic E-state index is 0.823. The fourth-order valence-electron chi connectivity index (χ4n) is 0.961. The molecule has 1 heterocycles. The standard InChI is InChI=1S/C9H9N3S/c1-7-2-4-8(5-3-7)13-9-10-6-11-12-9/h2-6H,1H3,(H,10,11,12). The third kappa shape index (κ3) is 2.09. The van der Waals surface area contributed by atoms with Crippen LogP contribution in [0, 0.1) is 6.92 Å². The summed E-state index contributed by atoms with van der Waals surface area (Å²) in [4.78, 5) is 5.20. The molecule has 3 nitrogen and oxygen atoms in total. The number of hydrogen-bond acceptors (Lipinski definition) is 3. The molecule has 0 radical (unpaired) electrons. The topological polar surface area (TPSA) is 41.6 Å². The van der Waals surface area contributed by atoms with Crippen molar-refractivity contribution in [2.24, 2.45) is 0 Å². The van der Waals surface area contributed by atoms with Gasteiger partial charge in [0.2, 0.25) is 0 Å². The van der Waals surface area contributed by atoms with Gasteiger partial charge in [0.05, 0.1) is 0 Å². The van der Waals surface area contributed by atoms with Crippen molar-refractivity contribution in [1.29, 1.82) is 0 Å². The van der Waals surface area contributed by atoms with E-state index in [-0.39, 0.29) is 0 Å². The predicted octanol–water partition coefficient (Wildman–Crippen LogP) is 2.26. The lowest BCUT2D eigenvalue weighted by Gasteiger charge is -1.97. The molecule has 0 unspecified atom stereocenters. The summed E-state index contributed by atoms with van der Waals surface area (Å²) in [6.07, 6.45) is 1.51. The molecule has 0 aliphatic rings. The van der Waals surface area contributed by atoms with Gasteiger partial charge >= 0.3 is 0 Å². The molecule has 66 valence electrons. The first-order chi connectivity index (χ1) is 6.34. The van der Waals surface area contributed by atoms with Crippen LogP contribution >= 0.6 is 11.8 Å². The van der Waals surface area contributed by atoms with Crippen LogP contribution in [0.25, 0.3) is 0 Å². The summed E-state index contributed by atoms with van der Waals surface area (Å²) >= 11 is 1.57. The summed E-state index contributed by atoms with van der Waals surface area (Å²) in [5.74, 6) is 0. The summed E-state index contributed by atoms with van der Waals surface area (Å²) in [5, 5.41) is 7.40. The monoisotopic (exact) mass is 191 g/mol. The van der Waals surface area contributed by atoms with Crippen LogP contribution in [0.15, 0.2) is 40.6 Å². The summed E-state index contributed by atoms with van der Waals surface area (Å²) < 4.78 is 0. The Kier molecular flexibility index (Phi) is 2.31. The number of aryl methyl sites for hydroxylation is 1. The molecular weight excluding hydrogens is 182 g/mol. The second-order valence-electron chi connectivity index (χ2n) is 2.71. The lowest BCUT2D eigenvalue weighted by molar-refractivity contribution is 0.973. The van der Waals surface area contributed by atoms with Crippen LogP contribution in [0.4, 0.5) is 0 Å². The molecule has 13 heavy (non-hydrogen) atoms. The number of benzene rings is 1. The highest BCUT2D eigenvalue weighted by Crippen LogP contribution is 2.23. The molecular formula is C9H9N3S. The quantitative estimate of drug-likeness (QED) is 0.791. The van der Waals surface area contributed by atoms with Gasteiger partial charge in [-0.05, 0) is 19.1 Å². The molecule has 2 rings (SSSR count). The van der Waals surface area contributed by atoms with Crippen LogP contribution in [-0.4, -0.2) is 15.2 Å². The molecule has 0 fully saturated rings. The van der Waals surface area contributed by atoms with Crippen molar-refractivity contribution < 1.29 is 0 Å². The maximum Gasteiger partial charge on any atom is 0.188 e. The van der Waals surface area contributed by atoms with Gasteiger partial charge in [0.1, 0.15) is 6.33 Å². The number of aromatic amines is 1. The van der Waals surface area contributed by atoms with E-state index in [2.05, 4.69) is 46.4 Å². The Hall–Kier alpha value is -1.29. The van der Waals surface area contributed by atoms with Crippen LogP contribution in [0.5, 0.6) is 0 Å². The minimum atomic E-state index is 0.823. The Bertz CT molecular complexity index is 366. The van der Waals surface area contributed by atoms with Crippen LogP contribution in [0.1, 0.15) is 5.56 Å². The third-order valence-corrected chi connectivity index (χ3v) is 2.53. The van der Waals surface area contributed by atoms with Crippen LogP contribution in [-0.2, 0) is 0 Å². The smallest absolute Gasteiger partial charge is 0.188 e. The van der Waals surface area contributed by atoms with E-state index in [0.29, 0.717) is 0 Å². The summed E-state index contributed by atoms with van der Waals surface area (Å²) in [6, 6.07) is 8.31. The molecule has 0 aliphatic carbocycles. The van der Waals surface area contributed by atoms with E-state index in [1.165, 1.54) is 16.8 Å². The molecule has 0 saturated heterocycles. The molecule has 0 saturated carbocycles. The number of aromatic nitrogens is 3. The van der Waals surface area contributed by atoms with Crippen molar-refractivity contribution in [2.75, 3.05) is 0 Å². The van der Waals surface area contributed by atoms with Crippen molar-refractivity contribution >= 4 is 11.8 Å². The fourth-order valence-corrected chi connectivity index (χ4v) is 1.65. The van der Waals surface area contributed by atoms with Crippen molar-refractivity contribution in [3.05, 3.63) is 36.2 Å².